The van der Waals surface area contributed by atoms with Gasteiger partial charge in [-0.05, 0) is 38.4 Å². The fourth-order valence-electron chi connectivity index (χ4n) is 2.77. The molecule has 1 aromatic carbocycles. The zero-order valence-corrected chi connectivity index (χ0v) is 15.1. The number of hydrogen-bond donors (Lipinski definition) is 0. The molecule has 1 fully saturated rings. The zero-order chi connectivity index (χ0) is 16.1. The molecule has 22 heavy (non-hydrogen) atoms. The molecule has 0 aliphatic carbocycles. The van der Waals surface area contributed by atoms with Crippen molar-refractivity contribution in [3.05, 3.63) is 35.4 Å². The zero-order valence-electron chi connectivity index (χ0n) is 14.0. The van der Waals surface area contributed by atoms with Crippen LogP contribution in [-0.2, 0) is 11.2 Å². The molecule has 0 radical (unpaired) electrons. The number of rotatable bonds is 6. The third-order valence-corrected chi connectivity index (χ3v) is 4.99. The Bertz CT molecular complexity index is 508. The largest absolute Gasteiger partial charge is 0.328 e. The molecule has 0 aromatic heterocycles. The van der Waals surface area contributed by atoms with Gasteiger partial charge in [0.15, 0.2) is 0 Å². The Morgan fingerprint density at radius 2 is 2.09 bits per heavy atom. The summed E-state index contributed by atoms with van der Waals surface area (Å²) in [6.07, 6.45) is 1.68. The van der Waals surface area contributed by atoms with Gasteiger partial charge in [0.25, 0.3) is 0 Å². The van der Waals surface area contributed by atoms with Crippen LogP contribution < -0.4 is 0 Å². The average Bonchev–Trinajstić information content (AvgIpc) is 2.50. The summed E-state index contributed by atoms with van der Waals surface area (Å²) in [5.74, 6) is 0.277. The van der Waals surface area contributed by atoms with E-state index in [1.807, 2.05) is 4.90 Å². The van der Waals surface area contributed by atoms with E-state index in [9.17, 15) is 4.79 Å². The van der Waals surface area contributed by atoms with Gasteiger partial charge in [-0.2, -0.15) is 0 Å². The smallest absolute Gasteiger partial charge is 0.224 e. The Morgan fingerprint density at radius 1 is 1.36 bits per heavy atom. The monoisotopic (exact) mass is 321 g/mol. The van der Waals surface area contributed by atoms with Crippen LogP contribution in [0.25, 0.3) is 0 Å². The van der Waals surface area contributed by atoms with E-state index >= 15 is 0 Å². The van der Waals surface area contributed by atoms with Gasteiger partial charge in [0, 0.05) is 32.1 Å². The number of benzene rings is 1. The van der Waals surface area contributed by atoms with E-state index in [0.717, 1.165) is 32.7 Å². The highest BCUT2D eigenvalue weighted by Gasteiger charge is 2.22. The lowest BCUT2D eigenvalue weighted by atomic mass is 10.0. The summed E-state index contributed by atoms with van der Waals surface area (Å²) in [7, 11) is 4.84. The number of amides is 1. The molecule has 1 heterocycles. The maximum Gasteiger partial charge on any atom is 0.224 e. The number of aryl methyl sites for hydroxylation is 1. The fourth-order valence-corrected chi connectivity index (χ4v) is 3.10. The summed E-state index contributed by atoms with van der Waals surface area (Å²) in [5, 5.41) is 0. The van der Waals surface area contributed by atoms with E-state index in [0.29, 0.717) is 12.5 Å². The standard InChI is InChI=1S/C17H28N3OP/c1-14-6-4-5-7-16(14)12-15(2)18(3)10-11-19-13-20(22)9-8-17(19)21/h4-7,15H,8-13,22H2,1-3H3. The lowest BCUT2D eigenvalue weighted by molar-refractivity contribution is -0.135. The summed E-state index contributed by atoms with van der Waals surface area (Å²) < 4.78 is 2.12. The molecule has 5 heteroatoms. The highest BCUT2D eigenvalue weighted by Crippen LogP contribution is 2.14. The van der Waals surface area contributed by atoms with Gasteiger partial charge in [-0.3, -0.25) is 9.46 Å². The molecule has 2 atom stereocenters. The van der Waals surface area contributed by atoms with Gasteiger partial charge in [-0.25, -0.2) is 0 Å². The molecule has 1 saturated heterocycles. The molecular weight excluding hydrogens is 293 g/mol. The third kappa shape index (κ3) is 4.77. The van der Waals surface area contributed by atoms with Crippen LogP contribution in [-0.4, -0.2) is 59.8 Å². The summed E-state index contributed by atoms with van der Waals surface area (Å²) in [5.41, 5.74) is 2.76. The molecule has 1 amide bonds. The minimum Gasteiger partial charge on any atom is -0.328 e. The van der Waals surface area contributed by atoms with Crippen molar-refractivity contribution in [3.8, 4) is 0 Å². The minimum absolute atomic E-state index is 0.277. The molecule has 1 aliphatic rings. The van der Waals surface area contributed by atoms with Crippen molar-refractivity contribution < 1.29 is 4.79 Å². The van der Waals surface area contributed by atoms with E-state index in [4.69, 9.17) is 0 Å². The fraction of sp³-hybridized carbons (Fsp3) is 0.588. The van der Waals surface area contributed by atoms with E-state index in [2.05, 4.69) is 64.1 Å². The van der Waals surface area contributed by atoms with Crippen molar-refractivity contribution in [2.75, 3.05) is 33.4 Å². The molecule has 0 N–H and O–H groups in total. The van der Waals surface area contributed by atoms with Gasteiger partial charge in [-0.15, -0.1) is 0 Å². The summed E-state index contributed by atoms with van der Waals surface area (Å²) >= 11 is 0. The van der Waals surface area contributed by atoms with Crippen molar-refractivity contribution in [2.24, 2.45) is 0 Å². The highest BCUT2D eigenvalue weighted by molar-refractivity contribution is 7.13. The van der Waals surface area contributed by atoms with Crippen LogP contribution in [0.1, 0.15) is 24.5 Å². The van der Waals surface area contributed by atoms with E-state index < -0.39 is 0 Å². The first kappa shape index (κ1) is 17.4. The molecule has 1 aliphatic heterocycles. The minimum atomic E-state index is 0.277. The SMILES string of the molecule is Cc1ccccc1CC(C)N(C)CCN1CN(P)CCC1=O. The first-order valence-corrected chi connectivity index (χ1v) is 8.51. The molecule has 4 nitrogen and oxygen atoms in total. The normalized spacial score (nSPS) is 18.0. The number of carbonyl (C=O) groups is 1. The lowest BCUT2D eigenvalue weighted by Gasteiger charge is -2.35. The summed E-state index contributed by atoms with van der Waals surface area (Å²) in [4.78, 5) is 16.2. The van der Waals surface area contributed by atoms with Crippen LogP contribution in [0.4, 0.5) is 0 Å². The topological polar surface area (TPSA) is 26.8 Å². The maximum atomic E-state index is 11.9. The maximum absolute atomic E-state index is 11.9. The third-order valence-electron chi connectivity index (χ3n) is 4.57. The van der Waals surface area contributed by atoms with E-state index in [-0.39, 0.29) is 5.91 Å². The summed E-state index contributed by atoms with van der Waals surface area (Å²) in [6, 6.07) is 9.04. The van der Waals surface area contributed by atoms with Gasteiger partial charge in [0.1, 0.15) is 0 Å². The first-order valence-electron chi connectivity index (χ1n) is 7.99. The highest BCUT2D eigenvalue weighted by atomic mass is 31.0. The predicted octanol–water partition coefficient (Wildman–Crippen LogP) is 2.14. The molecule has 0 saturated carbocycles. The Balaban J connectivity index is 1.82. The number of nitrogens with zero attached hydrogens (tertiary/aromatic N) is 3. The van der Waals surface area contributed by atoms with Crippen LogP contribution in [0.15, 0.2) is 24.3 Å². The van der Waals surface area contributed by atoms with Crippen molar-refractivity contribution in [3.63, 3.8) is 0 Å². The number of hydrogen-bond acceptors (Lipinski definition) is 3. The first-order chi connectivity index (χ1) is 10.5. The predicted molar refractivity (Wildman–Crippen MR) is 94.6 cm³/mol. The second-order valence-corrected chi connectivity index (χ2v) is 7.05. The molecule has 2 unspecified atom stereocenters. The quantitative estimate of drug-likeness (QED) is 0.751. The van der Waals surface area contributed by atoms with Crippen LogP contribution >= 0.6 is 9.39 Å². The molecule has 0 bridgehead atoms. The van der Waals surface area contributed by atoms with Gasteiger partial charge in [-0.1, -0.05) is 33.7 Å². The van der Waals surface area contributed by atoms with Gasteiger partial charge < -0.3 is 9.80 Å². The van der Waals surface area contributed by atoms with Crippen molar-refractivity contribution in [1.82, 2.24) is 14.5 Å². The molecular formula is C17H28N3OP. The molecule has 122 valence electrons. The van der Waals surface area contributed by atoms with E-state index in [1.54, 1.807) is 0 Å². The second-order valence-electron chi connectivity index (χ2n) is 6.32. The number of carbonyl (C=O) groups excluding carboxylic acids is 1. The van der Waals surface area contributed by atoms with Crippen molar-refractivity contribution in [1.29, 1.82) is 0 Å². The summed E-state index contributed by atoms with van der Waals surface area (Å²) in [6.45, 7) is 7.72. The Hall–Kier alpha value is -0.960. The van der Waals surface area contributed by atoms with Crippen LogP contribution in [0.5, 0.6) is 0 Å². The average molecular weight is 321 g/mol. The number of likely N-dealkylation sites (N-methyl/N-ethyl adjacent to an activating group) is 1. The van der Waals surface area contributed by atoms with E-state index in [1.165, 1.54) is 11.1 Å². The van der Waals surface area contributed by atoms with Gasteiger partial charge in [0.2, 0.25) is 5.91 Å². The van der Waals surface area contributed by atoms with Crippen molar-refractivity contribution in [2.45, 2.75) is 32.7 Å². The van der Waals surface area contributed by atoms with Crippen LogP contribution in [0.3, 0.4) is 0 Å². The Morgan fingerprint density at radius 3 is 2.82 bits per heavy atom. The molecule has 1 aromatic rings. The van der Waals surface area contributed by atoms with Crippen LogP contribution in [0.2, 0.25) is 0 Å². The lowest BCUT2D eigenvalue weighted by Crippen LogP contribution is -2.47. The second kappa shape index (κ2) is 8.05. The van der Waals surface area contributed by atoms with Gasteiger partial charge >= 0.3 is 0 Å². The van der Waals surface area contributed by atoms with Gasteiger partial charge in [0.05, 0.1) is 6.67 Å². The molecule has 0 spiro atoms. The Labute approximate surface area is 136 Å². The Kier molecular flexibility index (Phi) is 6.37. The van der Waals surface area contributed by atoms with Crippen LogP contribution in [0, 0.1) is 6.92 Å². The molecule has 2 rings (SSSR count). The van der Waals surface area contributed by atoms with Crippen molar-refractivity contribution >= 4 is 15.3 Å².